The molecule has 2 aromatic rings. The molecule has 0 atom stereocenters. The van der Waals surface area contributed by atoms with E-state index in [1.54, 1.807) is 6.07 Å². The molecule has 5 heteroatoms. The van der Waals surface area contributed by atoms with Gasteiger partial charge in [-0.15, -0.1) is 0 Å². The zero-order valence-corrected chi connectivity index (χ0v) is 11.8. The number of ether oxygens (including phenoxy) is 1. The third-order valence-corrected chi connectivity index (χ3v) is 2.83. The van der Waals surface area contributed by atoms with Crippen LogP contribution in [0.1, 0.15) is 19.4 Å². The van der Waals surface area contributed by atoms with E-state index < -0.39 is 17.5 Å². The van der Waals surface area contributed by atoms with E-state index in [1.807, 2.05) is 13.8 Å². The Balaban J connectivity index is 2.28. The summed E-state index contributed by atoms with van der Waals surface area (Å²) in [5, 5.41) is 3.08. The first kappa shape index (κ1) is 15.4. The molecule has 0 radical (unpaired) electrons. The van der Waals surface area contributed by atoms with Gasteiger partial charge in [0.2, 0.25) is 0 Å². The molecule has 0 aromatic heterocycles. The fourth-order valence-electron chi connectivity index (χ4n) is 1.83. The Morgan fingerprint density at radius 3 is 2.33 bits per heavy atom. The van der Waals surface area contributed by atoms with Crippen LogP contribution in [-0.2, 0) is 6.54 Å². The van der Waals surface area contributed by atoms with Gasteiger partial charge in [0.15, 0.2) is 0 Å². The van der Waals surface area contributed by atoms with Gasteiger partial charge in [0.05, 0.1) is 0 Å². The lowest BCUT2D eigenvalue weighted by Gasteiger charge is -2.14. The average Bonchev–Trinajstić information content (AvgIpc) is 2.36. The molecule has 0 amide bonds. The molecule has 0 aliphatic rings. The van der Waals surface area contributed by atoms with Crippen LogP contribution in [0.25, 0.3) is 0 Å². The standard InChI is InChI=1S/C16H16F3NO/c1-10(2)20-9-14-15(19)4-3-5-16(14)21-13-7-11(17)6-12(18)8-13/h3-8,10,20H,9H2,1-2H3. The van der Waals surface area contributed by atoms with Crippen LogP contribution in [0.2, 0.25) is 0 Å². The molecule has 0 heterocycles. The van der Waals surface area contributed by atoms with E-state index >= 15 is 0 Å². The van der Waals surface area contributed by atoms with E-state index in [2.05, 4.69) is 5.32 Å². The maximum Gasteiger partial charge on any atom is 0.134 e. The SMILES string of the molecule is CC(C)NCc1c(F)cccc1Oc1cc(F)cc(F)c1. The van der Waals surface area contributed by atoms with Gasteiger partial charge in [0.25, 0.3) is 0 Å². The normalized spacial score (nSPS) is 11.0. The topological polar surface area (TPSA) is 21.3 Å². The lowest BCUT2D eigenvalue weighted by molar-refractivity contribution is 0.448. The van der Waals surface area contributed by atoms with Crippen molar-refractivity contribution in [2.24, 2.45) is 0 Å². The van der Waals surface area contributed by atoms with Crippen LogP contribution in [0.5, 0.6) is 11.5 Å². The third-order valence-electron chi connectivity index (χ3n) is 2.83. The van der Waals surface area contributed by atoms with Gasteiger partial charge in [-0.3, -0.25) is 0 Å². The number of rotatable bonds is 5. The summed E-state index contributed by atoms with van der Waals surface area (Å²) >= 11 is 0. The minimum Gasteiger partial charge on any atom is -0.457 e. The van der Waals surface area contributed by atoms with Crippen LogP contribution in [-0.4, -0.2) is 6.04 Å². The highest BCUT2D eigenvalue weighted by atomic mass is 19.1. The first-order valence-electron chi connectivity index (χ1n) is 6.60. The molecule has 1 N–H and O–H groups in total. The molecule has 21 heavy (non-hydrogen) atoms. The van der Waals surface area contributed by atoms with Crippen LogP contribution < -0.4 is 10.1 Å². The summed E-state index contributed by atoms with van der Waals surface area (Å²) in [5.74, 6) is -1.71. The maximum atomic E-state index is 13.9. The van der Waals surface area contributed by atoms with Gasteiger partial charge in [-0.25, -0.2) is 13.2 Å². The molecule has 0 aliphatic heterocycles. The van der Waals surface area contributed by atoms with Crippen LogP contribution in [0.3, 0.4) is 0 Å². The summed E-state index contributed by atoms with van der Waals surface area (Å²) in [6.07, 6.45) is 0. The molecular formula is C16H16F3NO. The summed E-state index contributed by atoms with van der Waals surface area (Å²) in [4.78, 5) is 0. The predicted octanol–water partition coefficient (Wildman–Crippen LogP) is 4.39. The van der Waals surface area contributed by atoms with E-state index in [4.69, 9.17) is 4.74 Å². The molecular weight excluding hydrogens is 279 g/mol. The minimum atomic E-state index is -0.747. The van der Waals surface area contributed by atoms with Crippen LogP contribution in [0.4, 0.5) is 13.2 Å². The number of benzene rings is 2. The Morgan fingerprint density at radius 2 is 1.71 bits per heavy atom. The lowest BCUT2D eigenvalue weighted by Crippen LogP contribution is -2.22. The highest BCUT2D eigenvalue weighted by Gasteiger charge is 2.12. The van der Waals surface area contributed by atoms with E-state index in [9.17, 15) is 13.2 Å². The van der Waals surface area contributed by atoms with E-state index in [-0.39, 0.29) is 24.1 Å². The van der Waals surface area contributed by atoms with Crippen molar-refractivity contribution >= 4 is 0 Å². The molecule has 2 aromatic carbocycles. The van der Waals surface area contributed by atoms with E-state index in [0.29, 0.717) is 5.56 Å². The Morgan fingerprint density at radius 1 is 1.05 bits per heavy atom. The summed E-state index contributed by atoms with van der Waals surface area (Å²) in [7, 11) is 0. The molecule has 0 aliphatic carbocycles. The highest BCUT2D eigenvalue weighted by Crippen LogP contribution is 2.28. The third kappa shape index (κ3) is 4.23. The molecule has 0 spiro atoms. The Labute approximate surface area is 121 Å². The van der Waals surface area contributed by atoms with Crippen molar-refractivity contribution < 1.29 is 17.9 Å². The van der Waals surface area contributed by atoms with Crippen molar-refractivity contribution in [3.05, 3.63) is 59.4 Å². The maximum absolute atomic E-state index is 13.9. The zero-order valence-electron chi connectivity index (χ0n) is 11.8. The highest BCUT2D eigenvalue weighted by molar-refractivity contribution is 5.39. The Bertz CT molecular complexity index is 609. The summed E-state index contributed by atoms with van der Waals surface area (Å²) in [6, 6.07) is 7.38. The number of hydrogen-bond acceptors (Lipinski definition) is 2. The smallest absolute Gasteiger partial charge is 0.134 e. The van der Waals surface area contributed by atoms with Crippen molar-refractivity contribution in [3.8, 4) is 11.5 Å². The van der Waals surface area contributed by atoms with Gasteiger partial charge < -0.3 is 10.1 Å². The van der Waals surface area contributed by atoms with Crippen molar-refractivity contribution in [1.82, 2.24) is 5.32 Å². The van der Waals surface area contributed by atoms with Gasteiger partial charge in [-0.2, -0.15) is 0 Å². The fraction of sp³-hybridized carbons (Fsp3) is 0.250. The monoisotopic (exact) mass is 295 g/mol. The molecule has 0 unspecified atom stereocenters. The van der Waals surface area contributed by atoms with Crippen LogP contribution >= 0.6 is 0 Å². The number of nitrogens with one attached hydrogen (secondary N) is 1. The molecule has 0 bridgehead atoms. The van der Waals surface area contributed by atoms with Gasteiger partial charge >= 0.3 is 0 Å². The summed E-state index contributed by atoms with van der Waals surface area (Å²) < 4.78 is 45.6. The molecule has 112 valence electrons. The van der Waals surface area contributed by atoms with Gasteiger partial charge in [-0.1, -0.05) is 19.9 Å². The molecule has 0 saturated heterocycles. The fourth-order valence-corrected chi connectivity index (χ4v) is 1.83. The zero-order chi connectivity index (χ0) is 15.4. The van der Waals surface area contributed by atoms with Gasteiger partial charge in [0, 0.05) is 36.3 Å². The molecule has 2 rings (SSSR count). The van der Waals surface area contributed by atoms with Crippen molar-refractivity contribution in [2.45, 2.75) is 26.4 Å². The van der Waals surface area contributed by atoms with Crippen molar-refractivity contribution in [2.75, 3.05) is 0 Å². The summed E-state index contributed by atoms with van der Waals surface area (Å²) in [5.41, 5.74) is 0.316. The second kappa shape index (κ2) is 6.63. The Kier molecular flexibility index (Phi) is 4.85. The average molecular weight is 295 g/mol. The first-order chi connectivity index (χ1) is 9.95. The summed E-state index contributed by atoms with van der Waals surface area (Å²) in [6.45, 7) is 4.13. The quantitative estimate of drug-likeness (QED) is 0.883. The molecule has 0 fully saturated rings. The van der Waals surface area contributed by atoms with Crippen molar-refractivity contribution in [3.63, 3.8) is 0 Å². The predicted molar refractivity (Wildman–Crippen MR) is 74.8 cm³/mol. The molecule has 2 nitrogen and oxygen atoms in total. The van der Waals surface area contributed by atoms with E-state index in [1.165, 1.54) is 12.1 Å². The van der Waals surface area contributed by atoms with E-state index in [0.717, 1.165) is 18.2 Å². The minimum absolute atomic E-state index is 0.0103. The number of halogens is 3. The number of hydrogen-bond donors (Lipinski definition) is 1. The van der Waals surface area contributed by atoms with Crippen LogP contribution in [0, 0.1) is 17.5 Å². The van der Waals surface area contributed by atoms with Crippen molar-refractivity contribution in [1.29, 1.82) is 0 Å². The Hall–Kier alpha value is -2.01. The second-order valence-corrected chi connectivity index (χ2v) is 4.96. The first-order valence-corrected chi connectivity index (χ1v) is 6.60. The van der Waals surface area contributed by atoms with Gasteiger partial charge in [-0.05, 0) is 12.1 Å². The molecule has 0 saturated carbocycles. The van der Waals surface area contributed by atoms with Crippen LogP contribution in [0.15, 0.2) is 36.4 Å². The van der Waals surface area contributed by atoms with Gasteiger partial charge in [0.1, 0.15) is 29.0 Å². The largest absolute Gasteiger partial charge is 0.457 e. The lowest BCUT2D eigenvalue weighted by atomic mass is 10.1. The second-order valence-electron chi connectivity index (χ2n) is 4.96.